The van der Waals surface area contributed by atoms with Crippen LogP contribution in [0.3, 0.4) is 0 Å². The molecular weight excluding hydrogens is 355 g/mol. The average molecular weight is 371 g/mol. The Morgan fingerprint density at radius 1 is 0.920 bits per heavy atom. The smallest absolute Gasteiger partial charge is 0.119 e. The molecule has 0 heterocycles. The maximum atomic E-state index is 6.08. The first-order valence-corrected chi connectivity index (χ1v) is 8.47. The van der Waals surface area contributed by atoms with Crippen molar-refractivity contribution in [3.05, 3.63) is 94.0 Å². The van der Waals surface area contributed by atoms with Crippen molar-refractivity contribution in [3.63, 3.8) is 0 Å². The second-order valence-corrected chi connectivity index (χ2v) is 6.18. The zero-order chi connectivity index (χ0) is 17.5. The third-order valence-corrected chi connectivity index (χ3v) is 4.01. The molecule has 0 radical (unpaired) electrons. The van der Waals surface area contributed by atoms with E-state index in [1.54, 1.807) is 24.4 Å². The Bertz CT molecular complexity index is 849. The lowest BCUT2D eigenvalue weighted by atomic mass is 10.2. The summed E-state index contributed by atoms with van der Waals surface area (Å²) < 4.78 is 5.76. The van der Waals surface area contributed by atoms with Crippen LogP contribution in [0.15, 0.2) is 77.9 Å². The van der Waals surface area contributed by atoms with Crippen LogP contribution in [0.2, 0.25) is 10.0 Å². The van der Waals surface area contributed by atoms with E-state index >= 15 is 0 Å². The molecule has 0 unspecified atom stereocenters. The highest BCUT2D eigenvalue weighted by molar-refractivity contribution is 6.36. The number of ether oxygens (including phenoxy) is 1. The topological polar surface area (TPSA) is 33.6 Å². The van der Waals surface area contributed by atoms with Gasteiger partial charge < -0.3 is 4.74 Å². The standard InChI is InChI=1S/C20H16Cl2N2O/c21-17-8-11-20(19(22)12-17)24-23-13-15-6-9-18(10-7-15)25-14-16-4-2-1-3-5-16/h1-13,24H,14H2/b23-13+. The Morgan fingerprint density at radius 3 is 2.40 bits per heavy atom. The highest BCUT2D eigenvalue weighted by Crippen LogP contribution is 2.25. The van der Waals surface area contributed by atoms with E-state index in [1.165, 1.54) is 0 Å². The highest BCUT2D eigenvalue weighted by Gasteiger charge is 1.99. The number of halogens is 2. The first-order valence-electron chi connectivity index (χ1n) is 7.71. The predicted molar refractivity (Wildman–Crippen MR) is 105 cm³/mol. The molecule has 0 fully saturated rings. The molecule has 0 bridgehead atoms. The Morgan fingerprint density at radius 2 is 1.68 bits per heavy atom. The van der Waals surface area contributed by atoms with Gasteiger partial charge in [-0.3, -0.25) is 5.43 Å². The van der Waals surface area contributed by atoms with Crippen LogP contribution in [-0.2, 0) is 6.61 Å². The summed E-state index contributed by atoms with van der Waals surface area (Å²) in [5, 5.41) is 5.29. The molecule has 0 spiro atoms. The molecule has 3 nitrogen and oxygen atoms in total. The van der Waals surface area contributed by atoms with Gasteiger partial charge >= 0.3 is 0 Å². The lowest BCUT2D eigenvalue weighted by Crippen LogP contribution is -1.95. The van der Waals surface area contributed by atoms with E-state index in [4.69, 9.17) is 27.9 Å². The summed E-state index contributed by atoms with van der Waals surface area (Å²) in [7, 11) is 0. The fourth-order valence-corrected chi connectivity index (χ4v) is 2.60. The monoisotopic (exact) mass is 370 g/mol. The van der Waals surface area contributed by atoms with Crippen LogP contribution < -0.4 is 10.2 Å². The molecule has 25 heavy (non-hydrogen) atoms. The number of anilines is 1. The first-order chi connectivity index (χ1) is 12.2. The van der Waals surface area contributed by atoms with Crippen molar-refractivity contribution >= 4 is 35.1 Å². The van der Waals surface area contributed by atoms with Gasteiger partial charge in [-0.1, -0.05) is 53.5 Å². The maximum Gasteiger partial charge on any atom is 0.119 e. The molecule has 0 saturated heterocycles. The van der Waals surface area contributed by atoms with Crippen molar-refractivity contribution < 1.29 is 4.74 Å². The molecule has 126 valence electrons. The van der Waals surface area contributed by atoms with Crippen molar-refractivity contribution in [2.45, 2.75) is 6.61 Å². The van der Waals surface area contributed by atoms with Gasteiger partial charge in [-0.25, -0.2) is 0 Å². The molecule has 5 heteroatoms. The van der Waals surface area contributed by atoms with E-state index in [-0.39, 0.29) is 0 Å². The maximum absolute atomic E-state index is 6.08. The first kappa shape index (κ1) is 17.3. The van der Waals surface area contributed by atoms with Crippen LogP contribution in [0.1, 0.15) is 11.1 Å². The number of hydrazone groups is 1. The Kier molecular flexibility index (Phi) is 5.94. The van der Waals surface area contributed by atoms with Gasteiger partial charge in [-0.05, 0) is 53.6 Å². The van der Waals surface area contributed by atoms with Crippen LogP contribution in [0.5, 0.6) is 5.75 Å². The van der Waals surface area contributed by atoms with Crippen LogP contribution >= 0.6 is 23.2 Å². The summed E-state index contributed by atoms with van der Waals surface area (Å²) in [5.74, 6) is 0.815. The van der Waals surface area contributed by atoms with E-state index in [0.29, 0.717) is 22.3 Å². The van der Waals surface area contributed by atoms with Crippen LogP contribution in [-0.4, -0.2) is 6.21 Å². The lowest BCUT2D eigenvalue weighted by Gasteiger charge is -2.06. The molecule has 3 aromatic carbocycles. The minimum Gasteiger partial charge on any atom is -0.489 e. The van der Waals surface area contributed by atoms with Gasteiger partial charge in [0.1, 0.15) is 12.4 Å². The van der Waals surface area contributed by atoms with Gasteiger partial charge in [0.15, 0.2) is 0 Å². The molecular formula is C20H16Cl2N2O. The summed E-state index contributed by atoms with van der Waals surface area (Å²) in [6.45, 7) is 0.547. The number of rotatable bonds is 6. The normalized spacial score (nSPS) is 10.8. The highest BCUT2D eigenvalue weighted by atomic mass is 35.5. The van der Waals surface area contributed by atoms with Gasteiger partial charge in [0, 0.05) is 5.02 Å². The third kappa shape index (κ3) is 5.24. The van der Waals surface area contributed by atoms with Crippen molar-refractivity contribution in [1.29, 1.82) is 0 Å². The fraction of sp³-hybridized carbons (Fsp3) is 0.0500. The SMILES string of the molecule is Clc1ccc(N/N=C/c2ccc(OCc3ccccc3)cc2)c(Cl)c1. The Labute approximate surface area is 156 Å². The molecule has 0 atom stereocenters. The summed E-state index contributed by atoms with van der Waals surface area (Å²) in [6, 6.07) is 23.0. The van der Waals surface area contributed by atoms with E-state index in [0.717, 1.165) is 16.9 Å². The minimum absolute atomic E-state index is 0.523. The lowest BCUT2D eigenvalue weighted by molar-refractivity contribution is 0.306. The van der Waals surface area contributed by atoms with E-state index in [9.17, 15) is 0 Å². The quantitative estimate of drug-likeness (QED) is 0.425. The summed E-state index contributed by atoms with van der Waals surface area (Å²) >= 11 is 11.9. The largest absolute Gasteiger partial charge is 0.489 e. The minimum atomic E-state index is 0.523. The van der Waals surface area contributed by atoms with Crippen LogP contribution in [0.4, 0.5) is 5.69 Å². The number of nitrogens with one attached hydrogen (secondary N) is 1. The Hall–Kier alpha value is -2.49. The number of benzene rings is 3. The fourth-order valence-electron chi connectivity index (χ4n) is 2.15. The molecule has 3 aromatic rings. The average Bonchev–Trinajstić information content (AvgIpc) is 2.64. The van der Waals surface area contributed by atoms with Crippen molar-refractivity contribution in [2.75, 3.05) is 5.43 Å². The zero-order valence-corrected chi connectivity index (χ0v) is 14.8. The van der Waals surface area contributed by atoms with Crippen molar-refractivity contribution in [3.8, 4) is 5.75 Å². The van der Waals surface area contributed by atoms with Gasteiger partial charge in [-0.2, -0.15) is 5.10 Å². The number of hydrogen-bond acceptors (Lipinski definition) is 3. The second kappa shape index (κ2) is 8.56. The van der Waals surface area contributed by atoms with Crippen LogP contribution in [0.25, 0.3) is 0 Å². The molecule has 3 rings (SSSR count). The number of nitrogens with zero attached hydrogens (tertiary/aromatic N) is 1. The molecule has 0 aliphatic carbocycles. The van der Waals surface area contributed by atoms with E-state index < -0.39 is 0 Å². The second-order valence-electron chi connectivity index (χ2n) is 5.34. The molecule has 1 N–H and O–H groups in total. The molecule has 0 aromatic heterocycles. The Balaban J connectivity index is 1.55. The van der Waals surface area contributed by atoms with E-state index in [1.807, 2.05) is 54.6 Å². The van der Waals surface area contributed by atoms with Crippen molar-refractivity contribution in [2.24, 2.45) is 5.10 Å². The van der Waals surface area contributed by atoms with Gasteiger partial charge in [0.2, 0.25) is 0 Å². The van der Waals surface area contributed by atoms with Gasteiger partial charge in [0.05, 0.1) is 16.9 Å². The summed E-state index contributed by atoms with van der Waals surface area (Å²) in [6.07, 6.45) is 1.71. The molecule has 0 aliphatic rings. The van der Waals surface area contributed by atoms with Gasteiger partial charge in [-0.15, -0.1) is 0 Å². The third-order valence-electron chi connectivity index (χ3n) is 3.46. The zero-order valence-electron chi connectivity index (χ0n) is 13.3. The molecule has 0 amide bonds. The molecule has 0 saturated carbocycles. The van der Waals surface area contributed by atoms with Crippen molar-refractivity contribution in [1.82, 2.24) is 0 Å². The number of hydrogen-bond donors (Lipinski definition) is 1. The summed E-state index contributed by atoms with van der Waals surface area (Å²) in [5.41, 5.74) is 5.68. The van der Waals surface area contributed by atoms with Gasteiger partial charge in [0.25, 0.3) is 0 Å². The summed E-state index contributed by atoms with van der Waals surface area (Å²) in [4.78, 5) is 0. The molecule has 0 aliphatic heterocycles. The predicted octanol–water partition coefficient (Wildman–Crippen LogP) is 6.02. The van der Waals surface area contributed by atoms with E-state index in [2.05, 4.69) is 10.5 Å². The van der Waals surface area contributed by atoms with Crippen LogP contribution in [0, 0.1) is 0 Å².